The molecule has 0 fully saturated rings. The second-order valence-electron chi connectivity index (χ2n) is 2.54. The van der Waals surface area contributed by atoms with Crippen molar-refractivity contribution in [1.82, 2.24) is 0 Å². The van der Waals surface area contributed by atoms with E-state index in [-0.39, 0.29) is 0 Å². The molecule has 9 heavy (non-hydrogen) atoms. The molecule has 0 amide bonds. The monoisotopic (exact) mass is 148 g/mol. The lowest BCUT2D eigenvalue weighted by Crippen LogP contribution is -1.98. The zero-order valence-corrected chi connectivity index (χ0v) is 7.25. The molecule has 1 atom stereocenters. The summed E-state index contributed by atoms with van der Waals surface area (Å²) >= 11 is 5.61. The zero-order chi connectivity index (χ0) is 7.11. The van der Waals surface area contributed by atoms with E-state index in [1.165, 1.54) is 25.7 Å². The molecule has 56 valence electrons. The van der Waals surface area contributed by atoms with Crippen LogP contribution < -0.4 is 0 Å². The lowest BCUT2D eigenvalue weighted by molar-refractivity contribution is 0.453. The molecule has 0 aromatic rings. The fourth-order valence-corrected chi connectivity index (χ4v) is 1.42. The topological polar surface area (TPSA) is 0 Å². The van der Waals surface area contributed by atoms with Gasteiger partial charge in [0, 0.05) is 5.88 Å². The van der Waals surface area contributed by atoms with E-state index in [1.807, 2.05) is 0 Å². The van der Waals surface area contributed by atoms with Gasteiger partial charge in [-0.1, -0.05) is 33.1 Å². The van der Waals surface area contributed by atoms with E-state index >= 15 is 0 Å². The Bertz CT molecular complexity index is 46.5. The Labute approximate surface area is 63.6 Å². The first-order valence-corrected chi connectivity index (χ1v) is 4.44. The maximum atomic E-state index is 5.61. The minimum Gasteiger partial charge on any atom is -0.127 e. The van der Waals surface area contributed by atoms with Crippen molar-refractivity contribution in [1.29, 1.82) is 0 Å². The molecule has 0 spiro atoms. The highest BCUT2D eigenvalue weighted by Crippen LogP contribution is 2.14. The van der Waals surface area contributed by atoms with Crippen LogP contribution >= 0.6 is 11.6 Å². The average Bonchev–Trinajstić information content (AvgIpc) is 1.88. The summed E-state index contributed by atoms with van der Waals surface area (Å²) in [5.74, 6) is 1.71. The standard InChI is InChI=1S/C8H17Cl/c1-3-5-8(4-2)6-7-9/h8H,3-7H2,1-2H3/t8-/m1/s1. The average molecular weight is 149 g/mol. The second-order valence-corrected chi connectivity index (χ2v) is 2.92. The van der Waals surface area contributed by atoms with Crippen LogP contribution in [0.3, 0.4) is 0 Å². The molecular weight excluding hydrogens is 132 g/mol. The van der Waals surface area contributed by atoms with Crippen LogP contribution in [-0.2, 0) is 0 Å². The molecule has 0 heterocycles. The van der Waals surface area contributed by atoms with Crippen molar-refractivity contribution in [2.45, 2.75) is 39.5 Å². The van der Waals surface area contributed by atoms with E-state index in [0.29, 0.717) is 0 Å². The van der Waals surface area contributed by atoms with Gasteiger partial charge in [0.15, 0.2) is 0 Å². The molecule has 0 aliphatic rings. The predicted molar refractivity (Wildman–Crippen MR) is 44.0 cm³/mol. The maximum Gasteiger partial charge on any atom is 0.0226 e. The van der Waals surface area contributed by atoms with Gasteiger partial charge in [0.25, 0.3) is 0 Å². The smallest absolute Gasteiger partial charge is 0.0226 e. The van der Waals surface area contributed by atoms with Crippen LogP contribution in [-0.4, -0.2) is 5.88 Å². The minimum atomic E-state index is 0.832. The molecule has 0 bridgehead atoms. The molecule has 0 aromatic carbocycles. The molecule has 0 rings (SSSR count). The summed E-state index contributed by atoms with van der Waals surface area (Å²) in [6, 6.07) is 0. The molecule has 0 aliphatic heterocycles. The number of alkyl halides is 1. The Balaban J connectivity index is 3.18. The summed E-state index contributed by atoms with van der Waals surface area (Å²) in [7, 11) is 0. The Morgan fingerprint density at radius 3 is 2.22 bits per heavy atom. The first kappa shape index (κ1) is 9.29. The number of hydrogen-bond donors (Lipinski definition) is 0. The predicted octanol–water partition coefficient (Wildman–Crippen LogP) is 3.44. The van der Waals surface area contributed by atoms with E-state index in [4.69, 9.17) is 11.6 Å². The number of halogens is 1. The highest BCUT2D eigenvalue weighted by molar-refractivity contribution is 6.17. The lowest BCUT2D eigenvalue weighted by atomic mass is 9.98. The van der Waals surface area contributed by atoms with Crippen molar-refractivity contribution in [3.63, 3.8) is 0 Å². The second kappa shape index (κ2) is 6.41. The fourth-order valence-electron chi connectivity index (χ4n) is 1.12. The molecule has 0 aliphatic carbocycles. The molecular formula is C8H17Cl. The molecule has 0 saturated heterocycles. The molecule has 0 unspecified atom stereocenters. The normalized spacial score (nSPS) is 13.7. The van der Waals surface area contributed by atoms with Gasteiger partial charge in [-0.3, -0.25) is 0 Å². The third kappa shape index (κ3) is 4.77. The van der Waals surface area contributed by atoms with Gasteiger partial charge < -0.3 is 0 Å². The first-order valence-electron chi connectivity index (χ1n) is 3.91. The summed E-state index contributed by atoms with van der Waals surface area (Å²) < 4.78 is 0. The highest BCUT2D eigenvalue weighted by Gasteiger charge is 2.01. The Morgan fingerprint density at radius 2 is 1.89 bits per heavy atom. The Morgan fingerprint density at radius 1 is 1.22 bits per heavy atom. The van der Waals surface area contributed by atoms with Gasteiger partial charge in [0.05, 0.1) is 0 Å². The quantitative estimate of drug-likeness (QED) is 0.524. The van der Waals surface area contributed by atoms with E-state index in [0.717, 1.165) is 11.8 Å². The largest absolute Gasteiger partial charge is 0.127 e. The summed E-state index contributed by atoms with van der Waals surface area (Å²) in [5, 5.41) is 0. The van der Waals surface area contributed by atoms with Gasteiger partial charge >= 0.3 is 0 Å². The van der Waals surface area contributed by atoms with Gasteiger partial charge in [-0.05, 0) is 12.3 Å². The Kier molecular flexibility index (Phi) is 6.62. The summed E-state index contributed by atoms with van der Waals surface area (Å²) in [5.41, 5.74) is 0. The van der Waals surface area contributed by atoms with Crippen LogP contribution in [0.15, 0.2) is 0 Å². The summed E-state index contributed by atoms with van der Waals surface area (Å²) in [6.45, 7) is 4.48. The molecule has 0 nitrogen and oxygen atoms in total. The van der Waals surface area contributed by atoms with Gasteiger partial charge in [-0.15, -0.1) is 11.6 Å². The van der Waals surface area contributed by atoms with Crippen molar-refractivity contribution in [3.8, 4) is 0 Å². The van der Waals surface area contributed by atoms with Crippen LogP contribution in [0.25, 0.3) is 0 Å². The molecule has 0 radical (unpaired) electrons. The van der Waals surface area contributed by atoms with Crippen molar-refractivity contribution in [2.75, 3.05) is 5.88 Å². The molecule has 0 saturated carbocycles. The maximum absolute atomic E-state index is 5.61. The van der Waals surface area contributed by atoms with Crippen LogP contribution in [0.2, 0.25) is 0 Å². The van der Waals surface area contributed by atoms with Crippen LogP contribution in [0.1, 0.15) is 39.5 Å². The third-order valence-electron chi connectivity index (χ3n) is 1.79. The minimum absolute atomic E-state index is 0.832. The fraction of sp³-hybridized carbons (Fsp3) is 1.00. The SMILES string of the molecule is CCC[C@@H](CC)CCCl. The van der Waals surface area contributed by atoms with Gasteiger partial charge in [0.2, 0.25) is 0 Å². The first-order chi connectivity index (χ1) is 4.35. The highest BCUT2D eigenvalue weighted by atomic mass is 35.5. The van der Waals surface area contributed by atoms with E-state index < -0.39 is 0 Å². The van der Waals surface area contributed by atoms with Crippen molar-refractivity contribution in [3.05, 3.63) is 0 Å². The van der Waals surface area contributed by atoms with Crippen molar-refractivity contribution >= 4 is 11.6 Å². The zero-order valence-electron chi connectivity index (χ0n) is 6.49. The molecule has 0 aromatic heterocycles. The van der Waals surface area contributed by atoms with Gasteiger partial charge in [0.1, 0.15) is 0 Å². The van der Waals surface area contributed by atoms with Crippen LogP contribution in [0, 0.1) is 5.92 Å². The van der Waals surface area contributed by atoms with Crippen molar-refractivity contribution < 1.29 is 0 Å². The van der Waals surface area contributed by atoms with Crippen LogP contribution in [0.4, 0.5) is 0 Å². The summed E-state index contributed by atoms with van der Waals surface area (Å²) in [4.78, 5) is 0. The number of rotatable bonds is 5. The third-order valence-corrected chi connectivity index (χ3v) is 2.01. The van der Waals surface area contributed by atoms with Crippen molar-refractivity contribution in [2.24, 2.45) is 5.92 Å². The van der Waals surface area contributed by atoms with E-state index in [1.54, 1.807) is 0 Å². The van der Waals surface area contributed by atoms with Crippen LogP contribution in [0.5, 0.6) is 0 Å². The van der Waals surface area contributed by atoms with E-state index in [2.05, 4.69) is 13.8 Å². The Hall–Kier alpha value is 0.290. The molecule has 1 heteroatoms. The van der Waals surface area contributed by atoms with Gasteiger partial charge in [-0.25, -0.2) is 0 Å². The van der Waals surface area contributed by atoms with E-state index in [9.17, 15) is 0 Å². The summed E-state index contributed by atoms with van der Waals surface area (Å²) in [6.07, 6.45) is 5.14. The van der Waals surface area contributed by atoms with Gasteiger partial charge in [-0.2, -0.15) is 0 Å². The number of hydrogen-bond acceptors (Lipinski definition) is 0. The molecule has 0 N–H and O–H groups in total. The lowest BCUT2D eigenvalue weighted by Gasteiger charge is -2.09.